The third-order valence-electron chi connectivity index (χ3n) is 1.47. The minimum Gasteiger partial charge on any atom is -0.382 e. The molecule has 2 aromatic heterocycles. The van der Waals surface area contributed by atoms with Crippen molar-refractivity contribution in [2.75, 3.05) is 5.73 Å². The first-order chi connectivity index (χ1) is 6.84. The third-order valence-corrected chi connectivity index (χ3v) is 2.39. The summed E-state index contributed by atoms with van der Waals surface area (Å²) in [5.41, 5.74) is 6.27. The van der Waals surface area contributed by atoms with Gasteiger partial charge in [-0.15, -0.1) is 0 Å². The molecule has 14 heavy (non-hydrogen) atoms. The second-order valence-electron chi connectivity index (χ2n) is 2.51. The number of H-pyrrole nitrogens is 1. The molecular formula is C7H8N6S. The Morgan fingerprint density at radius 2 is 2.21 bits per heavy atom. The van der Waals surface area contributed by atoms with Gasteiger partial charge in [-0.1, -0.05) is 11.8 Å². The largest absolute Gasteiger partial charge is 0.382 e. The summed E-state index contributed by atoms with van der Waals surface area (Å²) >= 11 is 1.51. The first kappa shape index (κ1) is 8.95. The van der Waals surface area contributed by atoms with Crippen LogP contribution < -0.4 is 5.73 Å². The van der Waals surface area contributed by atoms with Gasteiger partial charge in [-0.05, 0) is 0 Å². The van der Waals surface area contributed by atoms with Crippen LogP contribution in [0.15, 0.2) is 23.9 Å². The Morgan fingerprint density at radius 1 is 1.29 bits per heavy atom. The molecule has 0 bridgehead atoms. The summed E-state index contributed by atoms with van der Waals surface area (Å²) in [4.78, 5) is 12.0. The predicted octanol–water partition coefficient (Wildman–Crippen LogP) is 0.469. The van der Waals surface area contributed by atoms with Crippen LogP contribution in [0.3, 0.4) is 0 Å². The Labute approximate surface area is 84.4 Å². The molecule has 0 saturated carbocycles. The van der Waals surface area contributed by atoms with Crippen molar-refractivity contribution in [2.24, 2.45) is 0 Å². The molecule has 0 spiro atoms. The van der Waals surface area contributed by atoms with Crippen molar-refractivity contribution < 1.29 is 0 Å². The van der Waals surface area contributed by atoms with Crippen LogP contribution in [0.1, 0.15) is 5.69 Å². The standard InChI is InChI=1S/C7H8N6S/c8-6-2-9-5(1-10-6)3-14-7-11-4-12-13-7/h1-2,4H,3H2,(H2,8,10)(H,11,12,13). The molecule has 0 saturated heterocycles. The Morgan fingerprint density at radius 3 is 2.86 bits per heavy atom. The maximum absolute atomic E-state index is 5.41. The lowest BCUT2D eigenvalue weighted by Gasteiger charge is -1.97. The molecule has 72 valence electrons. The Bertz CT molecular complexity index is 383. The summed E-state index contributed by atoms with van der Waals surface area (Å²) in [6.07, 6.45) is 4.66. The van der Waals surface area contributed by atoms with E-state index >= 15 is 0 Å². The number of nitrogen functional groups attached to an aromatic ring is 1. The van der Waals surface area contributed by atoms with Gasteiger partial charge < -0.3 is 5.73 Å². The number of hydrogen-bond donors (Lipinski definition) is 2. The summed E-state index contributed by atoms with van der Waals surface area (Å²) in [6, 6.07) is 0. The van der Waals surface area contributed by atoms with Crippen LogP contribution >= 0.6 is 11.8 Å². The van der Waals surface area contributed by atoms with Crippen molar-refractivity contribution >= 4 is 17.6 Å². The zero-order valence-corrected chi connectivity index (χ0v) is 8.03. The lowest BCUT2D eigenvalue weighted by Crippen LogP contribution is -1.94. The van der Waals surface area contributed by atoms with E-state index in [0.717, 1.165) is 10.9 Å². The quantitative estimate of drug-likeness (QED) is 0.712. The van der Waals surface area contributed by atoms with Gasteiger partial charge in [-0.2, -0.15) is 5.10 Å². The summed E-state index contributed by atoms with van der Waals surface area (Å²) in [5, 5.41) is 7.25. The van der Waals surface area contributed by atoms with Crippen LogP contribution in [-0.4, -0.2) is 25.1 Å². The molecular weight excluding hydrogens is 200 g/mol. The Hall–Kier alpha value is -1.63. The van der Waals surface area contributed by atoms with Gasteiger partial charge in [0.25, 0.3) is 0 Å². The van der Waals surface area contributed by atoms with E-state index in [1.807, 2.05) is 0 Å². The average Bonchev–Trinajstić information content (AvgIpc) is 2.70. The molecule has 0 aromatic carbocycles. The van der Waals surface area contributed by atoms with Gasteiger partial charge in [0.2, 0.25) is 0 Å². The van der Waals surface area contributed by atoms with E-state index < -0.39 is 0 Å². The van der Waals surface area contributed by atoms with E-state index in [0.29, 0.717) is 11.6 Å². The van der Waals surface area contributed by atoms with Gasteiger partial charge in [0.15, 0.2) is 5.16 Å². The molecule has 0 aliphatic rings. The number of hydrogen-bond acceptors (Lipinski definition) is 6. The number of rotatable bonds is 3. The van der Waals surface area contributed by atoms with Gasteiger partial charge in [0.05, 0.1) is 18.1 Å². The number of nitrogens with zero attached hydrogens (tertiary/aromatic N) is 4. The number of aromatic amines is 1. The highest BCUT2D eigenvalue weighted by Crippen LogP contribution is 2.16. The molecule has 0 fully saturated rings. The number of nitrogens with one attached hydrogen (secondary N) is 1. The van der Waals surface area contributed by atoms with Crippen molar-refractivity contribution in [1.82, 2.24) is 25.1 Å². The second-order valence-corrected chi connectivity index (χ2v) is 3.48. The summed E-state index contributed by atoms with van der Waals surface area (Å²) < 4.78 is 0. The van der Waals surface area contributed by atoms with E-state index in [1.165, 1.54) is 24.3 Å². The van der Waals surface area contributed by atoms with Crippen LogP contribution in [0.5, 0.6) is 0 Å². The first-order valence-corrected chi connectivity index (χ1v) is 4.88. The van der Waals surface area contributed by atoms with Crippen molar-refractivity contribution in [3.63, 3.8) is 0 Å². The zero-order chi connectivity index (χ0) is 9.80. The normalized spacial score (nSPS) is 10.3. The van der Waals surface area contributed by atoms with Crippen LogP contribution in [0.4, 0.5) is 5.82 Å². The van der Waals surface area contributed by atoms with E-state index in [-0.39, 0.29) is 0 Å². The average molecular weight is 208 g/mol. The third kappa shape index (κ3) is 2.19. The molecule has 2 heterocycles. The van der Waals surface area contributed by atoms with Gasteiger partial charge in [0.1, 0.15) is 12.1 Å². The molecule has 3 N–H and O–H groups in total. The van der Waals surface area contributed by atoms with Crippen molar-refractivity contribution in [3.05, 3.63) is 24.4 Å². The molecule has 0 aliphatic heterocycles. The number of thioether (sulfide) groups is 1. The summed E-state index contributed by atoms with van der Waals surface area (Å²) in [5.74, 6) is 1.13. The fourth-order valence-corrected chi connectivity index (χ4v) is 1.52. The maximum atomic E-state index is 5.41. The van der Waals surface area contributed by atoms with E-state index in [4.69, 9.17) is 5.73 Å². The predicted molar refractivity (Wildman–Crippen MR) is 52.4 cm³/mol. The molecule has 2 aromatic rings. The van der Waals surface area contributed by atoms with Crippen LogP contribution in [0.25, 0.3) is 0 Å². The van der Waals surface area contributed by atoms with Crippen LogP contribution in [0, 0.1) is 0 Å². The fourth-order valence-electron chi connectivity index (χ4n) is 0.845. The summed E-state index contributed by atoms with van der Waals surface area (Å²) in [6.45, 7) is 0. The lowest BCUT2D eigenvalue weighted by atomic mass is 10.5. The lowest BCUT2D eigenvalue weighted by molar-refractivity contribution is 0.970. The first-order valence-electron chi connectivity index (χ1n) is 3.89. The molecule has 6 nitrogen and oxygen atoms in total. The van der Waals surface area contributed by atoms with E-state index in [2.05, 4.69) is 25.1 Å². The maximum Gasteiger partial charge on any atom is 0.183 e. The van der Waals surface area contributed by atoms with Crippen molar-refractivity contribution in [3.8, 4) is 0 Å². The highest BCUT2D eigenvalue weighted by atomic mass is 32.2. The molecule has 2 rings (SSSR count). The number of anilines is 1. The fraction of sp³-hybridized carbons (Fsp3) is 0.143. The highest BCUT2D eigenvalue weighted by Gasteiger charge is 1.99. The van der Waals surface area contributed by atoms with Gasteiger partial charge in [0, 0.05) is 5.75 Å². The Balaban J connectivity index is 1.95. The van der Waals surface area contributed by atoms with Gasteiger partial charge in [-0.25, -0.2) is 9.97 Å². The van der Waals surface area contributed by atoms with Gasteiger partial charge in [-0.3, -0.25) is 10.1 Å². The summed E-state index contributed by atoms with van der Waals surface area (Å²) in [7, 11) is 0. The molecule has 0 radical (unpaired) electrons. The second kappa shape index (κ2) is 4.05. The minimum absolute atomic E-state index is 0.429. The zero-order valence-electron chi connectivity index (χ0n) is 7.21. The SMILES string of the molecule is Nc1cnc(CSc2ncn[nH]2)cn1. The number of nitrogens with two attached hydrogens (primary N) is 1. The molecule has 0 aliphatic carbocycles. The smallest absolute Gasteiger partial charge is 0.183 e. The Kier molecular flexibility index (Phi) is 2.59. The monoisotopic (exact) mass is 208 g/mol. The minimum atomic E-state index is 0.429. The van der Waals surface area contributed by atoms with E-state index in [9.17, 15) is 0 Å². The molecule has 0 atom stereocenters. The van der Waals surface area contributed by atoms with Crippen LogP contribution in [0.2, 0.25) is 0 Å². The van der Waals surface area contributed by atoms with E-state index in [1.54, 1.807) is 6.20 Å². The topological polar surface area (TPSA) is 93.4 Å². The molecule has 0 amide bonds. The van der Waals surface area contributed by atoms with Crippen molar-refractivity contribution in [2.45, 2.75) is 10.9 Å². The number of aromatic nitrogens is 5. The molecule has 0 unspecified atom stereocenters. The highest BCUT2D eigenvalue weighted by molar-refractivity contribution is 7.98. The molecule has 7 heteroatoms. The van der Waals surface area contributed by atoms with Gasteiger partial charge >= 0.3 is 0 Å². The van der Waals surface area contributed by atoms with Crippen LogP contribution in [-0.2, 0) is 5.75 Å². The van der Waals surface area contributed by atoms with Crippen molar-refractivity contribution in [1.29, 1.82) is 0 Å².